The van der Waals surface area contributed by atoms with E-state index in [-0.39, 0.29) is 69.7 Å². The monoisotopic (exact) mass is 549 g/mol. The third-order valence-electron chi connectivity index (χ3n) is 6.81. The minimum Gasteiger partial charge on any atom is -0.366 e. The van der Waals surface area contributed by atoms with Gasteiger partial charge >= 0.3 is 12.4 Å². The van der Waals surface area contributed by atoms with Gasteiger partial charge in [-0.05, 0) is 18.4 Å². The van der Waals surface area contributed by atoms with Crippen LogP contribution >= 0.6 is 0 Å². The second-order valence-electron chi connectivity index (χ2n) is 9.12. The van der Waals surface area contributed by atoms with E-state index in [2.05, 4.69) is 9.97 Å². The molecular weight excluding hydrogens is 524 g/mol. The van der Waals surface area contributed by atoms with Crippen LogP contribution in [-0.4, -0.2) is 101 Å². The summed E-state index contributed by atoms with van der Waals surface area (Å²) in [5, 5.41) is 8.30. The maximum Gasteiger partial charge on any atom is 0.422 e. The Kier molecular flexibility index (Phi) is 7.65. The second kappa shape index (κ2) is 10.5. The number of nitrogens with two attached hydrogens (primary N) is 1. The largest absolute Gasteiger partial charge is 0.422 e. The van der Waals surface area contributed by atoms with Crippen LogP contribution in [0.3, 0.4) is 0 Å². The molecule has 2 atom stereocenters. The predicted octanol–water partition coefficient (Wildman–Crippen LogP) is 1.37. The number of nitrogens with one attached hydrogen (secondary N) is 1. The molecule has 1 aromatic rings. The van der Waals surface area contributed by atoms with Gasteiger partial charge in [0.05, 0.1) is 23.9 Å². The highest BCUT2D eigenvalue weighted by atomic mass is 19.4. The number of ether oxygens (including phenoxy) is 1. The average molecular weight is 549 g/mol. The lowest BCUT2D eigenvalue weighted by molar-refractivity contribution is -0.150. The Hall–Kier alpha value is -3.27. The smallest absolute Gasteiger partial charge is 0.366 e. The SMILES string of the molecule is N=C1/C(=C(\C(N)=O)C(F)(F)F)CCC1N1CCOC(C(=O)N2CCN(c3ncc(C(F)(F)F)cn3)CC2)C1. The molecule has 38 heavy (non-hydrogen) atoms. The average Bonchev–Trinajstić information content (AvgIpc) is 3.22. The molecule has 1 aliphatic carbocycles. The van der Waals surface area contributed by atoms with Gasteiger partial charge in [0.1, 0.15) is 11.7 Å². The van der Waals surface area contributed by atoms with Crippen molar-refractivity contribution in [2.75, 3.05) is 50.8 Å². The van der Waals surface area contributed by atoms with Crippen molar-refractivity contribution in [2.24, 2.45) is 5.73 Å². The van der Waals surface area contributed by atoms with Gasteiger partial charge in [0, 0.05) is 51.7 Å². The minimum absolute atomic E-state index is 0.0549. The zero-order chi connectivity index (χ0) is 27.8. The van der Waals surface area contributed by atoms with Gasteiger partial charge in [-0.25, -0.2) is 9.97 Å². The molecular formula is C22H25F6N7O3. The molecule has 2 aliphatic heterocycles. The molecule has 2 saturated heterocycles. The molecule has 2 unspecified atom stereocenters. The normalized spacial score (nSPS) is 25.1. The Morgan fingerprint density at radius 3 is 2.21 bits per heavy atom. The molecule has 10 nitrogen and oxygen atoms in total. The Bertz CT molecular complexity index is 1110. The van der Waals surface area contributed by atoms with Gasteiger partial charge < -0.3 is 25.7 Å². The van der Waals surface area contributed by atoms with Crippen LogP contribution in [0.25, 0.3) is 0 Å². The zero-order valence-corrected chi connectivity index (χ0v) is 20.0. The molecule has 4 rings (SSSR count). The molecule has 0 aromatic carbocycles. The van der Waals surface area contributed by atoms with E-state index >= 15 is 0 Å². The number of anilines is 1. The number of halogens is 6. The van der Waals surface area contributed by atoms with E-state index in [0.29, 0.717) is 18.9 Å². The lowest BCUT2D eigenvalue weighted by Gasteiger charge is -2.40. The fourth-order valence-corrected chi connectivity index (χ4v) is 4.91. The van der Waals surface area contributed by atoms with Crippen molar-refractivity contribution in [2.45, 2.75) is 37.3 Å². The zero-order valence-electron chi connectivity index (χ0n) is 20.0. The van der Waals surface area contributed by atoms with Crippen LogP contribution < -0.4 is 10.6 Å². The van der Waals surface area contributed by atoms with E-state index in [4.69, 9.17) is 15.9 Å². The Labute approximate surface area is 212 Å². The van der Waals surface area contributed by atoms with Crippen molar-refractivity contribution in [1.29, 1.82) is 5.41 Å². The topological polar surface area (TPSA) is 129 Å². The van der Waals surface area contributed by atoms with Crippen molar-refractivity contribution in [3.63, 3.8) is 0 Å². The van der Waals surface area contributed by atoms with Gasteiger partial charge in [0.15, 0.2) is 0 Å². The summed E-state index contributed by atoms with van der Waals surface area (Å²) in [4.78, 5) is 37.0. The first-order valence-corrected chi connectivity index (χ1v) is 11.7. The third-order valence-corrected chi connectivity index (χ3v) is 6.81. The number of morpholine rings is 1. The molecule has 3 aliphatic rings. The Balaban J connectivity index is 1.36. The molecule has 2 amide bonds. The standard InChI is InChI=1S/C22H25F6N7O3/c23-21(24,25)12-9-31-20(32-10-12)34-5-3-33(4-6-34)19(37)15-11-35(7-8-38-15)14-2-1-13(17(14)29)16(18(30)36)22(26,27)28/h9-10,14-15,29H,1-8,11H2,(H2,30,36)/b16-13+,29-17?. The molecule has 1 saturated carbocycles. The number of hydrogen-bond donors (Lipinski definition) is 2. The van der Waals surface area contributed by atoms with Crippen LogP contribution in [0.15, 0.2) is 23.5 Å². The summed E-state index contributed by atoms with van der Waals surface area (Å²) >= 11 is 0. The summed E-state index contributed by atoms with van der Waals surface area (Å²) in [6, 6.07) is -0.713. The van der Waals surface area contributed by atoms with E-state index in [0.717, 1.165) is 0 Å². The lowest BCUT2D eigenvalue weighted by atomic mass is 10.0. The molecule has 0 radical (unpaired) electrons. The van der Waals surface area contributed by atoms with E-state index in [9.17, 15) is 35.9 Å². The van der Waals surface area contributed by atoms with Crippen LogP contribution in [0.5, 0.6) is 0 Å². The number of carbonyl (C=O) groups excluding carboxylic acids is 2. The first-order chi connectivity index (χ1) is 17.8. The highest BCUT2D eigenvalue weighted by Gasteiger charge is 2.45. The van der Waals surface area contributed by atoms with Gasteiger partial charge in [-0.3, -0.25) is 14.5 Å². The second-order valence-corrected chi connectivity index (χ2v) is 9.12. The highest BCUT2D eigenvalue weighted by molar-refractivity contribution is 6.10. The summed E-state index contributed by atoms with van der Waals surface area (Å²) in [6.07, 6.45) is -8.98. The first-order valence-electron chi connectivity index (χ1n) is 11.7. The van der Waals surface area contributed by atoms with E-state index in [1.807, 2.05) is 0 Å². The molecule has 0 spiro atoms. The van der Waals surface area contributed by atoms with Crippen molar-refractivity contribution < 1.29 is 40.7 Å². The van der Waals surface area contributed by atoms with Gasteiger partial charge in [-0.2, -0.15) is 26.3 Å². The summed E-state index contributed by atoms with van der Waals surface area (Å²) in [5.41, 5.74) is 1.71. The van der Waals surface area contributed by atoms with E-state index < -0.39 is 47.1 Å². The number of alkyl halides is 6. The van der Waals surface area contributed by atoms with E-state index in [1.165, 1.54) is 4.90 Å². The molecule has 3 heterocycles. The molecule has 3 fully saturated rings. The molecule has 3 N–H and O–H groups in total. The summed E-state index contributed by atoms with van der Waals surface area (Å²) in [7, 11) is 0. The number of rotatable bonds is 4. The predicted molar refractivity (Wildman–Crippen MR) is 120 cm³/mol. The van der Waals surface area contributed by atoms with E-state index in [1.54, 1.807) is 9.80 Å². The molecule has 1 aromatic heterocycles. The van der Waals surface area contributed by atoms with Crippen LogP contribution in [0.2, 0.25) is 0 Å². The number of carbonyl (C=O) groups is 2. The van der Waals surface area contributed by atoms with Crippen LogP contribution in [0.1, 0.15) is 18.4 Å². The number of amides is 2. The highest BCUT2D eigenvalue weighted by Crippen LogP contribution is 2.36. The van der Waals surface area contributed by atoms with Crippen molar-refractivity contribution in [3.05, 3.63) is 29.1 Å². The lowest BCUT2D eigenvalue weighted by Crippen LogP contribution is -2.57. The number of piperazine rings is 1. The number of primary amides is 1. The quantitative estimate of drug-likeness (QED) is 0.429. The minimum atomic E-state index is -4.97. The summed E-state index contributed by atoms with van der Waals surface area (Å²) in [5.74, 6) is -1.85. The van der Waals surface area contributed by atoms with Crippen molar-refractivity contribution in [3.8, 4) is 0 Å². The van der Waals surface area contributed by atoms with Crippen molar-refractivity contribution in [1.82, 2.24) is 19.8 Å². The van der Waals surface area contributed by atoms with Crippen LogP contribution in [0.4, 0.5) is 32.3 Å². The van der Waals surface area contributed by atoms with Gasteiger partial charge in [-0.15, -0.1) is 0 Å². The van der Waals surface area contributed by atoms with Gasteiger partial charge in [0.2, 0.25) is 5.95 Å². The third kappa shape index (κ3) is 5.75. The fourth-order valence-electron chi connectivity index (χ4n) is 4.91. The number of aromatic nitrogens is 2. The molecule has 0 bridgehead atoms. The summed E-state index contributed by atoms with van der Waals surface area (Å²) in [6.45, 7) is 1.51. The fraction of sp³-hybridized carbons (Fsp3) is 0.591. The summed E-state index contributed by atoms with van der Waals surface area (Å²) < 4.78 is 83.8. The molecule has 16 heteroatoms. The maximum absolute atomic E-state index is 13.3. The van der Waals surface area contributed by atoms with Crippen LogP contribution in [-0.2, 0) is 20.5 Å². The Morgan fingerprint density at radius 2 is 1.66 bits per heavy atom. The van der Waals surface area contributed by atoms with Gasteiger partial charge in [0.25, 0.3) is 11.8 Å². The number of hydrogen-bond acceptors (Lipinski definition) is 8. The maximum atomic E-state index is 13.3. The number of nitrogens with zero attached hydrogens (tertiary/aromatic N) is 5. The first kappa shape index (κ1) is 27.8. The van der Waals surface area contributed by atoms with Crippen molar-refractivity contribution >= 4 is 23.5 Å². The van der Waals surface area contributed by atoms with Gasteiger partial charge in [-0.1, -0.05) is 0 Å². The molecule has 208 valence electrons. The van der Waals surface area contributed by atoms with Crippen LogP contribution in [0, 0.1) is 5.41 Å². The Morgan fingerprint density at radius 1 is 1.03 bits per heavy atom.